The van der Waals surface area contributed by atoms with E-state index in [1.54, 1.807) is 9.80 Å². The molecule has 4 rings (SSSR count). The quantitative estimate of drug-likeness (QED) is 0.618. The first kappa shape index (κ1) is 29.9. The van der Waals surface area contributed by atoms with Crippen LogP contribution in [-0.2, 0) is 39.8 Å². The standard InChI is InChI=1S/2C16H24N2O/c1-16(2,3)13-7-6-11-9-14(15(19)18(4)5)17-10-12(11)8-13;1-16(2,3)12-7-6-11-8-9-17-14(13(11)10-12)15(19)18(4)5/h6-8,14,17H,9-10H2,1-5H3;6-7,10,14,17H,8-9H2,1-5H3. The number of carbonyl (C=O) groups excluding carboxylic acids is 2. The summed E-state index contributed by atoms with van der Waals surface area (Å²) >= 11 is 0. The zero-order valence-corrected chi connectivity index (χ0v) is 25.2. The second-order valence-corrected chi connectivity index (χ2v) is 13.1. The normalized spacial score (nSPS) is 18.9. The molecule has 2 heterocycles. The average molecular weight is 521 g/mol. The van der Waals surface area contributed by atoms with Crippen molar-refractivity contribution >= 4 is 11.8 Å². The first-order valence-corrected chi connectivity index (χ1v) is 13.7. The van der Waals surface area contributed by atoms with Crippen LogP contribution in [0.5, 0.6) is 0 Å². The molecule has 2 aromatic rings. The van der Waals surface area contributed by atoms with Gasteiger partial charge in [0.2, 0.25) is 11.8 Å². The Hall–Kier alpha value is -2.70. The molecule has 2 unspecified atom stereocenters. The minimum absolute atomic E-state index is 0.0806. The number of rotatable bonds is 2. The van der Waals surface area contributed by atoms with E-state index in [1.807, 2.05) is 28.2 Å². The predicted octanol–water partition coefficient (Wildman–Crippen LogP) is 4.35. The second kappa shape index (κ2) is 11.6. The van der Waals surface area contributed by atoms with Gasteiger partial charge in [-0.1, -0.05) is 77.9 Å². The summed E-state index contributed by atoms with van der Waals surface area (Å²) in [6.07, 6.45) is 1.79. The topological polar surface area (TPSA) is 64.7 Å². The third-order valence-corrected chi connectivity index (χ3v) is 7.53. The fraction of sp³-hybridized carbons (Fsp3) is 0.562. The Bertz CT molecular complexity index is 1160. The number of hydrogen-bond acceptors (Lipinski definition) is 4. The van der Waals surface area contributed by atoms with Crippen LogP contribution in [0, 0.1) is 0 Å². The van der Waals surface area contributed by atoms with Crippen LogP contribution in [0.2, 0.25) is 0 Å². The largest absolute Gasteiger partial charge is 0.347 e. The molecule has 0 aromatic heterocycles. The summed E-state index contributed by atoms with van der Waals surface area (Å²) < 4.78 is 0. The maximum atomic E-state index is 12.3. The van der Waals surface area contributed by atoms with Gasteiger partial charge in [-0.25, -0.2) is 0 Å². The number of hydrogen-bond donors (Lipinski definition) is 2. The number of nitrogens with zero attached hydrogens (tertiary/aromatic N) is 2. The van der Waals surface area contributed by atoms with E-state index in [2.05, 4.69) is 88.6 Å². The molecule has 2 aromatic carbocycles. The Labute approximate surface area is 230 Å². The van der Waals surface area contributed by atoms with E-state index in [0.717, 1.165) is 31.5 Å². The van der Waals surface area contributed by atoms with Crippen LogP contribution in [-0.4, -0.2) is 62.4 Å². The van der Waals surface area contributed by atoms with Crippen LogP contribution in [0.25, 0.3) is 0 Å². The van der Waals surface area contributed by atoms with Crippen LogP contribution < -0.4 is 10.6 Å². The average Bonchev–Trinajstić information content (AvgIpc) is 2.85. The Morgan fingerprint density at radius 2 is 1.29 bits per heavy atom. The highest BCUT2D eigenvalue weighted by atomic mass is 16.2. The van der Waals surface area contributed by atoms with E-state index in [0.29, 0.717) is 0 Å². The molecule has 2 atom stereocenters. The molecule has 2 aliphatic rings. The van der Waals surface area contributed by atoms with Crippen LogP contribution in [0.15, 0.2) is 36.4 Å². The summed E-state index contributed by atoms with van der Waals surface area (Å²) in [5.74, 6) is 0.289. The van der Waals surface area contributed by atoms with Crippen molar-refractivity contribution in [1.82, 2.24) is 20.4 Å². The maximum Gasteiger partial charge on any atom is 0.243 e. The van der Waals surface area contributed by atoms with Gasteiger partial charge in [-0.3, -0.25) is 9.59 Å². The zero-order chi connectivity index (χ0) is 28.4. The van der Waals surface area contributed by atoms with E-state index in [4.69, 9.17) is 0 Å². The minimum atomic E-state index is -0.193. The van der Waals surface area contributed by atoms with Gasteiger partial charge in [0.1, 0.15) is 6.04 Å². The van der Waals surface area contributed by atoms with Crippen LogP contribution >= 0.6 is 0 Å². The van der Waals surface area contributed by atoms with Gasteiger partial charge in [0.05, 0.1) is 6.04 Å². The molecular formula is C32H48N4O2. The first-order valence-electron chi connectivity index (χ1n) is 13.7. The van der Waals surface area contributed by atoms with Crippen LogP contribution in [0.4, 0.5) is 0 Å². The maximum absolute atomic E-state index is 12.3. The molecule has 0 aliphatic carbocycles. The lowest BCUT2D eigenvalue weighted by Gasteiger charge is -2.30. The van der Waals surface area contributed by atoms with E-state index < -0.39 is 0 Å². The summed E-state index contributed by atoms with van der Waals surface area (Å²) in [5, 5.41) is 6.69. The number of fused-ring (bicyclic) bond motifs is 2. The van der Waals surface area contributed by atoms with E-state index in [1.165, 1.54) is 27.8 Å². The van der Waals surface area contributed by atoms with Crippen molar-refractivity contribution in [1.29, 1.82) is 0 Å². The van der Waals surface area contributed by atoms with Crippen molar-refractivity contribution in [2.75, 3.05) is 34.7 Å². The number of carbonyl (C=O) groups is 2. The number of nitrogens with one attached hydrogen (secondary N) is 2. The van der Waals surface area contributed by atoms with Gasteiger partial charge in [-0.2, -0.15) is 0 Å². The molecule has 0 saturated heterocycles. The summed E-state index contributed by atoms with van der Waals surface area (Å²) in [4.78, 5) is 27.6. The van der Waals surface area contributed by atoms with Crippen molar-refractivity contribution in [3.63, 3.8) is 0 Å². The fourth-order valence-electron chi connectivity index (χ4n) is 4.97. The highest BCUT2D eigenvalue weighted by Gasteiger charge is 2.29. The highest BCUT2D eigenvalue weighted by molar-refractivity contribution is 5.84. The molecule has 6 heteroatoms. The Kier molecular flexibility index (Phi) is 9.10. The Morgan fingerprint density at radius 3 is 1.84 bits per heavy atom. The lowest BCUT2D eigenvalue weighted by Crippen LogP contribution is -2.47. The molecule has 6 nitrogen and oxygen atoms in total. The zero-order valence-electron chi connectivity index (χ0n) is 25.2. The highest BCUT2D eigenvalue weighted by Crippen LogP contribution is 2.30. The summed E-state index contributed by atoms with van der Waals surface area (Å²) in [5.41, 5.74) is 7.99. The van der Waals surface area contributed by atoms with Gasteiger partial charge in [-0.05, 0) is 57.1 Å². The molecule has 2 N–H and O–H groups in total. The number of amides is 2. The van der Waals surface area contributed by atoms with E-state index in [9.17, 15) is 9.59 Å². The van der Waals surface area contributed by atoms with Gasteiger partial charge < -0.3 is 20.4 Å². The summed E-state index contributed by atoms with van der Waals surface area (Å²) in [7, 11) is 7.24. The minimum Gasteiger partial charge on any atom is -0.347 e. The van der Waals surface area contributed by atoms with Crippen molar-refractivity contribution in [3.05, 3.63) is 69.8 Å². The number of benzene rings is 2. The molecule has 0 bridgehead atoms. The van der Waals surface area contributed by atoms with Crippen molar-refractivity contribution in [3.8, 4) is 0 Å². The lowest BCUT2D eigenvalue weighted by molar-refractivity contribution is -0.131. The molecule has 2 amide bonds. The Morgan fingerprint density at radius 1 is 0.737 bits per heavy atom. The molecule has 0 fully saturated rings. The number of likely N-dealkylation sites (N-methyl/N-ethyl adjacent to an activating group) is 2. The fourth-order valence-corrected chi connectivity index (χ4v) is 4.97. The van der Waals surface area contributed by atoms with Crippen LogP contribution in [0.1, 0.15) is 81.0 Å². The van der Waals surface area contributed by atoms with Gasteiger partial charge in [0.25, 0.3) is 0 Å². The molecule has 0 spiro atoms. The van der Waals surface area contributed by atoms with Crippen molar-refractivity contribution < 1.29 is 9.59 Å². The Balaban J connectivity index is 0.000000211. The smallest absolute Gasteiger partial charge is 0.243 e. The van der Waals surface area contributed by atoms with Crippen LogP contribution in [0.3, 0.4) is 0 Å². The van der Waals surface area contributed by atoms with Gasteiger partial charge in [0.15, 0.2) is 0 Å². The third kappa shape index (κ3) is 7.03. The van der Waals surface area contributed by atoms with E-state index in [-0.39, 0.29) is 34.7 Å². The van der Waals surface area contributed by atoms with Crippen molar-refractivity contribution in [2.24, 2.45) is 0 Å². The molecule has 208 valence electrons. The third-order valence-electron chi connectivity index (χ3n) is 7.53. The predicted molar refractivity (Wildman–Crippen MR) is 156 cm³/mol. The summed E-state index contributed by atoms with van der Waals surface area (Å²) in [6, 6.07) is 13.0. The van der Waals surface area contributed by atoms with Gasteiger partial charge in [0, 0.05) is 41.3 Å². The molecule has 0 radical (unpaired) electrons. The van der Waals surface area contributed by atoms with E-state index >= 15 is 0 Å². The van der Waals surface area contributed by atoms with Gasteiger partial charge >= 0.3 is 0 Å². The van der Waals surface area contributed by atoms with Gasteiger partial charge in [-0.15, -0.1) is 0 Å². The molecule has 0 saturated carbocycles. The van der Waals surface area contributed by atoms with Crippen molar-refractivity contribution in [2.45, 2.75) is 83.8 Å². The molecule has 2 aliphatic heterocycles. The first-order chi connectivity index (χ1) is 17.6. The second-order valence-electron chi connectivity index (χ2n) is 13.1. The molecule has 38 heavy (non-hydrogen) atoms. The molecular weight excluding hydrogens is 472 g/mol. The lowest BCUT2D eigenvalue weighted by atomic mass is 9.82. The monoisotopic (exact) mass is 520 g/mol. The summed E-state index contributed by atoms with van der Waals surface area (Å²) in [6.45, 7) is 14.9. The SMILES string of the molecule is CN(C)C(=O)C1Cc2ccc(C(C)(C)C)cc2CN1.CN(C)C(=O)C1NCCc2ccc(C(C)(C)C)cc21.